The number of nitro groups is 1. The van der Waals surface area contributed by atoms with Crippen LogP contribution in [0.4, 0.5) is 5.69 Å². The van der Waals surface area contributed by atoms with Gasteiger partial charge in [0, 0.05) is 40.0 Å². The molecule has 1 heterocycles. The molecule has 0 spiro atoms. The summed E-state index contributed by atoms with van der Waals surface area (Å²) in [5.41, 5.74) is 1.03. The third kappa shape index (κ3) is 4.17. The van der Waals surface area contributed by atoms with Crippen LogP contribution in [0.3, 0.4) is 0 Å². The van der Waals surface area contributed by atoms with Crippen molar-refractivity contribution in [3.63, 3.8) is 0 Å². The van der Waals surface area contributed by atoms with Gasteiger partial charge in [0.1, 0.15) is 0 Å². The average Bonchev–Trinajstić information content (AvgIpc) is 3.09. The van der Waals surface area contributed by atoms with Crippen LogP contribution in [0.15, 0.2) is 47.5 Å². The van der Waals surface area contributed by atoms with Crippen molar-refractivity contribution < 1.29 is 9.72 Å². The molecule has 0 unspecified atom stereocenters. The summed E-state index contributed by atoms with van der Waals surface area (Å²) in [6, 6.07) is 10.9. The molecule has 0 saturated heterocycles. The first kappa shape index (κ1) is 18.7. The van der Waals surface area contributed by atoms with Crippen LogP contribution in [0.5, 0.6) is 0 Å². The lowest BCUT2D eigenvalue weighted by Gasteiger charge is -2.18. The predicted octanol–water partition coefficient (Wildman–Crippen LogP) is 4.65. The highest BCUT2D eigenvalue weighted by atomic mass is 35.5. The van der Waals surface area contributed by atoms with Gasteiger partial charge in [-0.25, -0.2) is 0 Å². The summed E-state index contributed by atoms with van der Waals surface area (Å²) in [5.74, 6) is 0.229. The Labute approximate surface area is 164 Å². The minimum absolute atomic E-state index is 0.117. The molecule has 0 N–H and O–H groups in total. The number of aliphatic imine (C=N–C) groups is 1. The molecule has 0 aliphatic carbocycles. The van der Waals surface area contributed by atoms with E-state index in [0.717, 1.165) is 5.56 Å². The molecule has 0 fully saturated rings. The molecule has 2 aromatic carbocycles. The van der Waals surface area contributed by atoms with E-state index in [0.29, 0.717) is 34.1 Å². The van der Waals surface area contributed by atoms with Gasteiger partial charge in [0.25, 0.3) is 11.6 Å². The van der Waals surface area contributed by atoms with Gasteiger partial charge in [-0.3, -0.25) is 24.8 Å². The summed E-state index contributed by atoms with van der Waals surface area (Å²) < 4.78 is 0. The molecule has 0 saturated carbocycles. The molecule has 2 aromatic rings. The number of amidine groups is 1. The smallest absolute Gasteiger partial charge is 0.270 e. The fraction of sp³-hybridized carbons (Fsp3) is 0.176. The zero-order valence-corrected chi connectivity index (χ0v) is 15.7. The summed E-state index contributed by atoms with van der Waals surface area (Å²) in [6.07, 6.45) is 0. The second-order valence-corrected chi connectivity index (χ2v) is 7.24. The summed E-state index contributed by atoms with van der Waals surface area (Å²) in [6.45, 7) is 0.940. The lowest BCUT2D eigenvalue weighted by molar-refractivity contribution is -0.384. The van der Waals surface area contributed by atoms with Crippen molar-refractivity contribution in [1.82, 2.24) is 4.90 Å². The second-order valence-electron chi connectivity index (χ2n) is 5.45. The number of non-ortho nitro benzene ring substituents is 1. The summed E-state index contributed by atoms with van der Waals surface area (Å²) >= 11 is 13.5. The Hall–Kier alpha value is -2.09. The van der Waals surface area contributed by atoms with Crippen molar-refractivity contribution in [3.8, 4) is 0 Å². The number of benzene rings is 2. The van der Waals surface area contributed by atoms with Gasteiger partial charge >= 0.3 is 0 Å². The minimum Gasteiger partial charge on any atom is -0.286 e. The fourth-order valence-corrected chi connectivity index (χ4v) is 4.03. The van der Waals surface area contributed by atoms with E-state index in [1.807, 2.05) is 6.07 Å². The molecular formula is C17H13Cl2N3O3S. The maximum Gasteiger partial charge on any atom is 0.270 e. The van der Waals surface area contributed by atoms with Gasteiger partial charge < -0.3 is 0 Å². The van der Waals surface area contributed by atoms with E-state index in [4.69, 9.17) is 23.2 Å². The summed E-state index contributed by atoms with van der Waals surface area (Å²) in [7, 11) is 0. The monoisotopic (exact) mass is 409 g/mol. The predicted molar refractivity (Wildman–Crippen MR) is 104 cm³/mol. The standard InChI is InChI=1S/C17H13Cl2N3O3S/c18-13-5-4-12(15(19)9-13)10-26-17-20-6-7-21(17)16(23)11-2-1-3-14(8-11)22(24)25/h1-5,8-9H,6-7,10H2. The van der Waals surface area contributed by atoms with Gasteiger partial charge in [0.15, 0.2) is 5.17 Å². The second kappa shape index (κ2) is 8.07. The van der Waals surface area contributed by atoms with Gasteiger partial charge in [-0.2, -0.15) is 0 Å². The molecule has 9 heteroatoms. The van der Waals surface area contributed by atoms with Crippen LogP contribution in [0.25, 0.3) is 0 Å². The molecule has 1 amide bonds. The summed E-state index contributed by atoms with van der Waals surface area (Å²) in [5, 5.41) is 12.6. The van der Waals surface area contributed by atoms with E-state index in [1.165, 1.54) is 34.9 Å². The SMILES string of the molecule is O=C(c1cccc([N+](=O)[O-])c1)N1CCN=C1SCc1ccc(Cl)cc1Cl. The lowest BCUT2D eigenvalue weighted by atomic mass is 10.2. The van der Waals surface area contributed by atoms with E-state index in [9.17, 15) is 14.9 Å². The van der Waals surface area contributed by atoms with Crippen LogP contribution in [0, 0.1) is 10.1 Å². The van der Waals surface area contributed by atoms with Crippen molar-refractivity contribution in [2.45, 2.75) is 5.75 Å². The number of amides is 1. The lowest BCUT2D eigenvalue weighted by Crippen LogP contribution is -2.32. The Balaban J connectivity index is 1.72. The average molecular weight is 410 g/mol. The first-order valence-corrected chi connectivity index (χ1v) is 9.37. The Morgan fingerprint density at radius 2 is 2.08 bits per heavy atom. The molecule has 26 heavy (non-hydrogen) atoms. The van der Waals surface area contributed by atoms with E-state index < -0.39 is 4.92 Å². The van der Waals surface area contributed by atoms with Gasteiger partial charge in [-0.15, -0.1) is 0 Å². The van der Waals surface area contributed by atoms with Crippen LogP contribution < -0.4 is 0 Å². The van der Waals surface area contributed by atoms with E-state index in [2.05, 4.69) is 4.99 Å². The highest BCUT2D eigenvalue weighted by Crippen LogP contribution is 2.27. The number of carbonyl (C=O) groups is 1. The Bertz CT molecular complexity index is 905. The summed E-state index contributed by atoms with van der Waals surface area (Å²) in [4.78, 5) is 29.0. The number of thioether (sulfide) groups is 1. The molecular weight excluding hydrogens is 397 g/mol. The number of rotatable bonds is 4. The van der Waals surface area contributed by atoms with Crippen LogP contribution in [-0.2, 0) is 5.75 Å². The molecule has 0 atom stereocenters. The van der Waals surface area contributed by atoms with Crippen molar-refractivity contribution >= 4 is 51.7 Å². The number of nitrogens with zero attached hydrogens (tertiary/aromatic N) is 3. The first-order valence-electron chi connectivity index (χ1n) is 7.63. The van der Waals surface area contributed by atoms with Crippen molar-refractivity contribution in [2.24, 2.45) is 4.99 Å². The van der Waals surface area contributed by atoms with Gasteiger partial charge in [-0.1, -0.05) is 47.1 Å². The first-order chi connectivity index (χ1) is 12.5. The molecule has 1 aliphatic heterocycles. The van der Waals surface area contributed by atoms with Gasteiger partial charge in [-0.05, 0) is 23.8 Å². The molecule has 0 bridgehead atoms. The zero-order valence-electron chi connectivity index (χ0n) is 13.4. The molecule has 134 valence electrons. The van der Waals surface area contributed by atoms with Crippen LogP contribution >= 0.6 is 35.0 Å². The van der Waals surface area contributed by atoms with Crippen molar-refractivity contribution in [1.29, 1.82) is 0 Å². The number of hydrogen-bond acceptors (Lipinski definition) is 5. The number of hydrogen-bond donors (Lipinski definition) is 0. The topological polar surface area (TPSA) is 75.8 Å². The van der Waals surface area contributed by atoms with E-state index >= 15 is 0 Å². The highest BCUT2D eigenvalue weighted by molar-refractivity contribution is 8.13. The third-order valence-corrected chi connectivity index (χ3v) is 5.37. The molecule has 1 aliphatic rings. The van der Waals surface area contributed by atoms with Gasteiger partial charge in [0.2, 0.25) is 0 Å². The van der Waals surface area contributed by atoms with Crippen LogP contribution in [-0.4, -0.2) is 34.0 Å². The Kier molecular flexibility index (Phi) is 5.80. The van der Waals surface area contributed by atoms with E-state index in [1.54, 1.807) is 18.2 Å². The number of nitro benzene ring substituents is 1. The minimum atomic E-state index is -0.521. The van der Waals surface area contributed by atoms with Crippen molar-refractivity contribution in [2.75, 3.05) is 13.1 Å². The largest absolute Gasteiger partial charge is 0.286 e. The molecule has 6 nitrogen and oxygen atoms in total. The Morgan fingerprint density at radius 1 is 1.27 bits per heavy atom. The van der Waals surface area contributed by atoms with Crippen LogP contribution in [0.1, 0.15) is 15.9 Å². The zero-order chi connectivity index (χ0) is 18.7. The van der Waals surface area contributed by atoms with Crippen LogP contribution in [0.2, 0.25) is 10.0 Å². The molecule has 3 rings (SSSR count). The maximum atomic E-state index is 12.7. The highest BCUT2D eigenvalue weighted by Gasteiger charge is 2.26. The number of halogens is 2. The van der Waals surface area contributed by atoms with Crippen molar-refractivity contribution in [3.05, 3.63) is 73.8 Å². The van der Waals surface area contributed by atoms with E-state index in [-0.39, 0.29) is 17.2 Å². The Morgan fingerprint density at radius 3 is 2.81 bits per heavy atom. The molecule has 0 radical (unpaired) electrons. The quantitative estimate of drug-likeness (QED) is 0.543. The fourth-order valence-electron chi connectivity index (χ4n) is 2.43. The van der Waals surface area contributed by atoms with Gasteiger partial charge in [0.05, 0.1) is 11.5 Å². The normalized spacial score (nSPS) is 13.6. The molecule has 0 aromatic heterocycles. The number of carbonyl (C=O) groups excluding carboxylic acids is 1. The third-order valence-electron chi connectivity index (χ3n) is 3.72. The maximum absolute atomic E-state index is 12.7.